The van der Waals surface area contributed by atoms with Gasteiger partial charge >= 0.3 is 11.9 Å². The molecule has 3 aliphatic rings. The van der Waals surface area contributed by atoms with E-state index in [0.717, 1.165) is 0 Å². The van der Waals surface area contributed by atoms with Crippen molar-refractivity contribution in [3.63, 3.8) is 0 Å². The number of fused-ring (bicyclic) bond motifs is 2. The first kappa shape index (κ1) is 57.4. The largest absolute Gasteiger partial charge is 0.481 e. The van der Waals surface area contributed by atoms with E-state index >= 15 is 0 Å². The van der Waals surface area contributed by atoms with Crippen molar-refractivity contribution in [2.24, 2.45) is 17.8 Å². The summed E-state index contributed by atoms with van der Waals surface area (Å²) in [6.07, 6.45) is 2.79. The second kappa shape index (κ2) is 28.5. The Bertz CT molecular complexity index is 1730. The zero-order valence-electron chi connectivity index (χ0n) is 38.5. The number of aliphatic hydroxyl groups excluding tert-OH is 9. The molecule has 378 valence electrons. The van der Waals surface area contributed by atoms with E-state index in [9.17, 15) is 70.6 Å². The smallest absolute Gasteiger partial charge is 0.311 e. The molecular weight excluding hydrogens is 879 g/mol. The number of cyclic esters (lactones) is 1. The van der Waals surface area contributed by atoms with E-state index in [2.05, 4.69) is 5.32 Å². The summed E-state index contributed by atoms with van der Waals surface area (Å²) in [5.41, 5.74) is 0. The van der Waals surface area contributed by atoms with Gasteiger partial charge in [0.2, 0.25) is 6.41 Å². The van der Waals surface area contributed by atoms with Crippen molar-refractivity contribution in [1.82, 2.24) is 5.32 Å². The monoisotopic (exact) mass is 951 g/mol. The van der Waals surface area contributed by atoms with Crippen LogP contribution >= 0.6 is 0 Å². The fourth-order valence-electron chi connectivity index (χ4n) is 8.21. The van der Waals surface area contributed by atoms with Crippen molar-refractivity contribution in [1.29, 1.82) is 0 Å². The molecule has 0 aromatic rings. The lowest BCUT2D eigenvalue weighted by Gasteiger charge is -2.45. The highest BCUT2D eigenvalue weighted by atomic mass is 16.7. The van der Waals surface area contributed by atoms with Gasteiger partial charge in [-0.25, -0.2) is 0 Å². The maximum atomic E-state index is 12.6. The number of carbonyl (C=O) groups excluding carboxylic acids is 2. The van der Waals surface area contributed by atoms with Gasteiger partial charge in [-0.05, 0) is 33.1 Å². The van der Waals surface area contributed by atoms with Crippen molar-refractivity contribution in [3.8, 4) is 0 Å². The average molecular weight is 952 g/mol. The van der Waals surface area contributed by atoms with Crippen LogP contribution in [0.25, 0.3) is 0 Å². The minimum atomic E-state index is -2.36. The summed E-state index contributed by atoms with van der Waals surface area (Å²) in [5, 5.41) is 121. The lowest BCUT2D eigenvalue weighted by molar-refractivity contribution is -0.309. The fraction of sp³-hybridized carbons (Fsp3) is 0.646. The Morgan fingerprint density at radius 2 is 1.27 bits per heavy atom. The van der Waals surface area contributed by atoms with Crippen LogP contribution < -0.4 is 5.32 Å². The summed E-state index contributed by atoms with van der Waals surface area (Å²) in [5.74, 6) is -6.94. The van der Waals surface area contributed by atoms with Crippen molar-refractivity contribution < 1.29 is 89.5 Å². The van der Waals surface area contributed by atoms with E-state index in [-0.39, 0.29) is 31.6 Å². The predicted molar refractivity (Wildman–Crippen MR) is 242 cm³/mol. The van der Waals surface area contributed by atoms with Gasteiger partial charge in [-0.1, -0.05) is 98.9 Å². The fourth-order valence-corrected chi connectivity index (χ4v) is 8.21. The van der Waals surface area contributed by atoms with Crippen LogP contribution in [0.2, 0.25) is 0 Å². The number of nitrogens with one attached hydrogen (secondary N) is 1. The van der Waals surface area contributed by atoms with Gasteiger partial charge in [0, 0.05) is 37.5 Å². The average Bonchev–Trinajstić information content (AvgIpc) is 3.24. The Morgan fingerprint density at radius 1 is 0.687 bits per heavy atom. The molecule has 0 aliphatic carbocycles. The summed E-state index contributed by atoms with van der Waals surface area (Å²) in [6, 6.07) is -1.20. The highest BCUT2D eigenvalue weighted by Crippen LogP contribution is 2.38. The van der Waals surface area contributed by atoms with Gasteiger partial charge in [-0.3, -0.25) is 14.4 Å². The number of ether oxygens (including phenoxy) is 4. The second-order valence-electron chi connectivity index (χ2n) is 17.8. The highest BCUT2D eigenvalue weighted by molar-refractivity contribution is 5.71. The molecule has 0 saturated carbocycles. The minimum Gasteiger partial charge on any atom is -0.481 e. The lowest BCUT2D eigenvalue weighted by Crippen LogP contribution is -2.63. The van der Waals surface area contributed by atoms with E-state index < -0.39 is 147 Å². The van der Waals surface area contributed by atoms with Gasteiger partial charge in [0.1, 0.15) is 24.2 Å². The molecule has 2 bridgehead atoms. The van der Waals surface area contributed by atoms with Crippen LogP contribution in [-0.2, 0) is 33.3 Å². The van der Waals surface area contributed by atoms with Crippen LogP contribution in [0.1, 0.15) is 79.1 Å². The van der Waals surface area contributed by atoms with Crippen LogP contribution in [0.4, 0.5) is 0 Å². The molecule has 3 rings (SSSR count). The molecule has 0 radical (unpaired) electrons. The molecule has 12 N–H and O–H groups in total. The number of hydrogen-bond donors (Lipinski definition) is 12. The molecular formula is C48H73NO18. The SMILES string of the molecule is C[C@@H]1[C@H](O)[C@@H](C)/C=C/C=C/C=C/C=C/C=C/C=C/C=C/[C@H](O[C@@H]2O[C@H](C)[C@@H](O)[C@H](NC=O)[C@@H]2O)C[C@@H]2O[C@@](O)(C[C@@H](O)C[C@@H](O)[C@H](O)CC[C@@H](O)C[C@@H](O)CC(=O)O[C@H]1C)C[C@H](O)[C@H]2C(=O)O. The molecule has 19 atom stereocenters. The van der Waals surface area contributed by atoms with Crippen molar-refractivity contribution in [2.45, 2.75) is 177 Å². The van der Waals surface area contributed by atoms with Gasteiger partial charge in [-0.15, -0.1) is 0 Å². The third-order valence-electron chi connectivity index (χ3n) is 12.2. The molecule has 3 aliphatic heterocycles. The van der Waals surface area contributed by atoms with Crippen LogP contribution in [0.5, 0.6) is 0 Å². The van der Waals surface area contributed by atoms with E-state index in [1.54, 1.807) is 86.8 Å². The summed E-state index contributed by atoms with van der Waals surface area (Å²) in [6.45, 7) is 6.69. The zero-order chi connectivity index (χ0) is 49.8. The number of aliphatic carboxylic acids is 1. The molecule has 19 heteroatoms. The number of allylic oxidation sites excluding steroid dienone is 12. The normalized spacial score (nSPS) is 44.4. The van der Waals surface area contributed by atoms with Crippen molar-refractivity contribution in [3.05, 3.63) is 85.1 Å². The second-order valence-corrected chi connectivity index (χ2v) is 17.8. The number of esters is 1. The van der Waals surface area contributed by atoms with Crippen molar-refractivity contribution in [2.75, 3.05) is 0 Å². The summed E-state index contributed by atoms with van der Waals surface area (Å²) in [7, 11) is 0. The predicted octanol–water partition coefficient (Wildman–Crippen LogP) is 0.499. The summed E-state index contributed by atoms with van der Waals surface area (Å²) < 4.78 is 23.2. The Balaban J connectivity index is 1.88. The van der Waals surface area contributed by atoms with Crippen LogP contribution in [0.3, 0.4) is 0 Å². The highest BCUT2D eigenvalue weighted by Gasteiger charge is 2.51. The van der Waals surface area contributed by atoms with E-state index in [1.807, 2.05) is 13.0 Å². The van der Waals surface area contributed by atoms with E-state index in [0.29, 0.717) is 6.41 Å². The zero-order valence-corrected chi connectivity index (χ0v) is 38.5. The molecule has 19 nitrogen and oxygen atoms in total. The van der Waals surface area contributed by atoms with Crippen LogP contribution in [0.15, 0.2) is 85.1 Å². The number of carbonyl (C=O) groups is 3. The molecule has 0 aromatic carbocycles. The van der Waals surface area contributed by atoms with Crippen LogP contribution in [0, 0.1) is 17.8 Å². The van der Waals surface area contributed by atoms with Gasteiger partial charge in [-0.2, -0.15) is 0 Å². The van der Waals surface area contributed by atoms with Crippen molar-refractivity contribution >= 4 is 18.3 Å². The maximum Gasteiger partial charge on any atom is 0.311 e. The summed E-state index contributed by atoms with van der Waals surface area (Å²) in [4.78, 5) is 36.4. The third-order valence-corrected chi connectivity index (χ3v) is 12.2. The van der Waals surface area contributed by atoms with Gasteiger partial charge < -0.3 is 80.4 Å². The first-order valence-corrected chi connectivity index (χ1v) is 22.8. The molecule has 2 fully saturated rings. The van der Waals surface area contributed by atoms with Gasteiger partial charge in [0.15, 0.2) is 12.1 Å². The Hall–Kier alpha value is -3.93. The topological polar surface area (TPSA) is 323 Å². The Morgan fingerprint density at radius 3 is 1.85 bits per heavy atom. The summed E-state index contributed by atoms with van der Waals surface area (Å²) >= 11 is 0. The van der Waals surface area contributed by atoms with E-state index in [4.69, 9.17) is 18.9 Å². The number of rotatable bonds is 5. The molecule has 0 unspecified atom stereocenters. The first-order valence-electron chi connectivity index (χ1n) is 22.8. The number of carboxylic acid groups (broad SMARTS) is 1. The standard InChI is InChI=1S/C48H73NO18/c1-28-17-15-13-11-9-7-5-6-8-10-12-14-16-18-35(66-47-45(60)42(49-27-50)44(59)31(4)65-47)24-39-41(46(61)62)38(56)26-48(63,67-39)25-34(53)22-37(55)36(54)20-19-32(51)21-33(52)23-40(57)64-30(3)29(2)43(28)58/h5-18,27-39,41-45,47,51-56,58-60,63H,19-26H2,1-4H3,(H,49,50)(H,61,62)/b6-5+,9-7+,10-8+,13-11+,14-12+,17-15+,18-16+/t28-,29-,30-,31+,32+,33+,34-,35-,36+,37+,38-,39-,41+,42-,43+,44+,45-,47-,48-/m0/s1. The first-order chi connectivity index (χ1) is 31.7. The molecule has 3 heterocycles. The number of hydrogen-bond acceptors (Lipinski definition) is 17. The maximum absolute atomic E-state index is 12.6. The van der Waals surface area contributed by atoms with Gasteiger partial charge in [0.05, 0.1) is 73.5 Å². The molecule has 67 heavy (non-hydrogen) atoms. The lowest BCUT2D eigenvalue weighted by atomic mass is 9.82. The Kier molecular flexibility index (Phi) is 24.4. The minimum absolute atomic E-state index is 0.119. The third kappa shape index (κ3) is 19.2. The number of amides is 1. The van der Waals surface area contributed by atoms with Gasteiger partial charge in [0.25, 0.3) is 0 Å². The Labute approximate surface area is 391 Å². The van der Waals surface area contributed by atoms with Crippen LogP contribution in [-0.4, -0.2) is 172 Å². The molecule has 0 spiro atoms. The van der Waals surface area contributed by atoms with E-state index in [1.165, 1.54) is 13.0 Å². The molecule has 1 amide bonds. The molecule has 2 saturated heterocycles. The number of aliphatic hydroxyl groups is 10. The number of carboxylic acids is 1. The molecule has 0 aromatic heterocycles. The quantitative estimate of drug-likeness (QED) is 0.132.